The van der Waals surface area contributed by atoms with Gasteiger partial charge in [-0.25, -0.2) is 0 Å². The maximum atomic E-state index is 11.9. The van der Waals surface area contributed by atoms with Crippen molar-refractivity contribution in [3.8, 4) is 11.5 Å². The normalized spacial score (nSPS) is 13.5. The Morgan fingerprint density at radius 2 is 2.08 bits per heavy atom. The first kappa shape index (κ1) is 19.6. The average Bonchev–Trinajstić information content (AvgIpc) is 3.08. The van der Waals surface area contributed by atoms with E-state index >= 15 is 0 Å². The van der Waals surface area contributed by atoms with Gasteiger partial charge in [-0.05, 0) is 24.5 Å². The highest BCUT2D eigenvalue weighted by Crippen LogP contribution is 2.38. The van der Waals surface area contributed by atoms with Crippen LogP contribution in [0.15, 0.2) is 17.0 Å². The van der Waals surface area contributed by atoms with Gasteiger partial charge in [-0.3, -0.25) is 9.59 Å². The molecule has 0 aliphatic carbocycles. The molecule has 1 aliphatic rings. The molecule has 0 spiro atoms. The zero-order valence-electron chi connectivity index (χ0n) is 14.9. The van der Waals surface area contributed by atoms with Crippen molar-refractivity contribution >= 4 is 24.0 Å². The summed E-state index contributed by atoms with van der Waals surface area (Å²) in [6.07, 6.45) is 5.58. The summed E-state index contributed by atoms with van der Waals surface area (Å²) < 4.78 is 16.0. The fourth-order valence-corrected chi connectivity index (χ4v) is 3.53. The maximum absolute atomic E-state index is 11.9. The van der Waals surface area contributed by atoms with Crippen molar-refractivity contribution in [3.05, 3.63) is 17.7 Å². The number of carbonyl (C=O) groups excluding carboxylic acids is 2. The third kappa shape index (κ3) is 5.96. The SMILES string of the molecule is CCCCC(CC)COC(=O)CCSc1cc2c(cc1C=O)OCO2. The van der Waals surface area contributed by atoms with E-state index in [1.165, 1.54) is 18.2 Å². The summed E-state index contributed by atoms with van der Waals surface area (Å²) in [5.41, 5.74) is 0.549. The minimum absolute atomic E-state index is 0.171. The van der Waals surface area contributed by atoms with Gasteiger partial charge < -0.3 is 14.2 Å². The van der Waals surface area contributed by atoms with E-state index in [2.05, 4.69) is 13.8 Å². The average molecular weight is 366 g/mol. The molecule has 0 N–H and O–H groups in total. The maximum Gasteiger partial charge on any atom is 0.306 e. The molecule has 25 heavy (non-hydrogen) atoms. The number of unbranched alkanes of at least 4 members (excludes halogenated alkanes) is 1. The molecule has 0 saturated heterocycles. The first-order valence-corrected chi connectivity index (χ1v) is 9.83. The smallest absolute Gasteiger partial charge is 0.306 e. The molecule has 2 rings (SSSR count). The Kier molecular flexibility index (Phi) is 8.12. The molecule has 1 unspecified atom stereocenters. The molecule has 0 saturated carbocycles. The van der Waals surface area contributed by atoms with Crippen molar-refractivity contribution in [1.29, 1.82) is 0 Å². The summed E-state index contributed by atoms with van der Waals surface area (Å²) in [6.45, 7) is 4.97. The molecule has 0 radical (unpaired) electrons. The Morgan fingerprint density at radius 1 is 1.32 bits per heavy atom. The molecule has 138 valence electrons. The highest BCUT2D eigenvalue weighted by Gasteiger charge is 2.17. The van der Waals surface area contributed by atoms with Crippen molar-refractivity contribution in [1.82, 2.24) is 0 Å². The van der Waals surface area contributed by atoms with E-state index in [0.29, 0.717) is 41.8 Å². The second kappa shape index (κ2) is 10.3. The fourth-order valence-electron chi connectivity index (χ4n) is 2.58. The lowest BCUT2D eigenvalue weighted by Crippen LogP contribution is -2.14. The van der Waals surface area contributed by atoms with Crippen LogP contribution in [0.1, 0.15) is 56.3 Å². The topological polar surface area (TPSA) is 61.8 Å². The summed E-state index contributed by atoms with van der Waals surface area (Å²) in [4.78, 5) is 23.9. The fraction of sp³-hybridized carbons (Fsp3) is 0.579. The van der Waals surface area contributed by atoms with E-state index in [1.807, 2.05) is 0 Å². The van der Waals surface area contributed by atoms with E-state index in [0.717, 1.165) is 30.4 Å². The largest absolute Gasteiger partial charge is 0.465 e. The number of ether oxygens (including phenoxy) is 3. The van der Waals surface area contributed by atoms with Crippen LogP contribution in [0.5, 0.6) is 11.5 Å². The van der Waals surface area contributed by atoms with E-state index in [1.54, 1.807) is 12.1 Å². The van der Waals surface area contributed by atoms with E-state index in [-0.39, 0.29) is 12.8 Å². The Morgan fingerprint density at radius 3 is 2.76 bits per heavy atom. The van der Waals surface area contributed by atoms with Crippen LogP contribution in [-0.4, -0.2) is 31.4 Å². The van der Waals surface area contributed by atoms with Crippen LogP contribution >= 0.6 is 11.8 Å². The summed E-state index contributed by atoms with van der Waals surface area (Å²) in [7, 11) is 0. The number of aldehydes is 1. The Balaban J connectivity index is 1.76. The summed E-state index contributed by atoms with van der Waals surface area (Å²) >= 11 is 1.45. The van der Waals surface area contributed by atoms with Crippen LogP contribution in [0.2, 0.25) is 0 Å². The van der Waals surface area contributed by atoms with Gasteiger partial charge in [0.2, 0.25) is 6.79 Å². The van der Waals surface area contributed by atoms with Crippen molar-refractivity contribution in [3.63, 3.8) is 0 Å². The molecule has 0 fully saturated rings. The molecule has 0 bridgehead atoms. The van der Waals surface area contributed by atoms with Crippen molar-refractivity contribution < 1.29 is 23.8 Å². The third-order valence-electron chi connectivity index (χ3n) is 4.22. The van der Waals surface area contributed by atoms with Crippen molar-refractivity contribution in [2.24, 2.45) is 5.92 Å². The molecule has 0 aromatic heterocycles. The van der Waals surface area contributed by atoms with Gasteiger partial charge in [0.1, 0.15) is 0 Å². The minimum atomic E-state index is -0.184. The summed E-state index contributed by atoms with van der Waals surface area (Å²) in [6, 6.07) is 3.47. The number of carbonyl (C=O) groups is 2. The number of hydrogen-bond acceptors (Lipinski definition) is 6. The zero-order chi connectivity index (χ0) is 18.1. The first-order chi connectivity index (χ1) is 12.2. The molecular weight excluding hydrogens is 340 g/mol. The second-order valence-corrected chi connectivity index (χ2v) is 7.20. The molecule has 6 heteroatoms. The standard InChI is InChI=1S/C19H26O5S/c1-3-5-6-14(4-2)12-22-19(21)7-8-25-18-10-17-16(23-13-24-17)9-15(18)11-20/h9-11,14H,3-8,12-13H2,1-2H3. The van der Waals surface area contributed by atoms with E-state index in [9.17, 15) is 9.59 Å². The number of hydrogen-bond donors (Lipinski definition) is 0. The van der Waals surface area contributed by atoms with Gasteiger partial charge in [0.15, 0.2) is 17.8 Å². The second-order valence-electron chi connectivity index (χ2n) is 6.06. The number of benzene rings is 1. The summed E-state index contributed by atoms with van der Waals surface area (Å²) in [5, 5.41) is 0. The summed E-state index contributed by atoms with van der Waals surface area (Å²) in [5.74, 6) is 2.05. The van der Waals surface area contributed by atoms with Gasteiger partial charge in [0.05, 0.1) is 13.0 Å². The zero-order valence-corrected chi connectivity index (χ0v) is 15.7. The predicted molar refractivity (Wildman–Crippen MR) is 97.6 cm³/mol. The molecule has 1 aromatic carbocycles. The van der Waals surface area contributed by atoms with Gasteiger partial charge in [-0.15, -0.1) is 11.8 Å². The van der Waals surface area contributed by atoms with E-state index < -0.39 is 0 Å². The van der Waals surface area contributed by atoms with E-state index in [4.69, 9.17) is 14.2 Å². The Bertz CT molecular complexity index is 587. The number of fused-ring (bicyclic) bond motifs is 1. The molecule has 5 nitrogen and oxygen atoms in total. The van der Waals surface area contributed by atoms with Gasteiger partial charge >= 0.3 is 5.97 Å². The van der Waals surface area contributed by atoms with Gasteiger partial charge in [-0.1, -0.05) is 33.1 Å². The molecular formula is C19H26O5S. The van der Waals surface area contributed by atoms with Crippen LogP contribution in [0.25, 0.3) is 0 Å². The van der Waals surface area contributed by atoms with Crippen molar-refractivity contribution in [2.45, 2.75) is 50.8 Å². The van der Waals surface area contributed by atoms with Crippen LogP contribution in [0.3, 0.4) is 0 Å². The lowest BCUT2D eigenvalue weighted by Gasteiger charge is -2.14. The monoisotopic (exact) mass is 366 g/mol. The molecule has 1 aliphatic heterocycles. The lowest BCUT2D eigenvalue weighted by molar-refractivity contribution is -0.144. The quantitative estimate of drug-likeness (QED) is 0.327. The third-order valence-corrected chi connectivity index (χ3v) is 5.29. The Labute approximate surface area is 153 Å². The van der Waals surface area contributed by atoms with Gasteiger partial charge in [0.25, 0.3) is 0 Å². The lowest BCUT2D eigenvalue weighted by atomic mass is 10.0. The van der Waals surface area contributed by atoms with Crippen LogP contribution in [0.4, 0.5) is 0 Å². The number of rotatable bonds is 11. The van der Waals surface area contributed by atoms with Crippen LogP contribution in [0, 0.1) is 5.92 Å². The molecule has 1 heterocycles. The van der Waals surface area contributed by atoms with Crippen LogP contribution < -0.4 is 9.47 Å². The number of thioether (sulfide) groups is 1. The van der Waals surface area contributed by atoms with Crippen LogP contribution in [-0.2, 0) is 9.53 Å². The molecule has 0 amide bonds. The highest BCUT2D eigenvalue weighted by atomic mass is 32.2. The Hall–Kier alpha value is -1.69. The predicted octanol–water partition coefficient (Wildman–Crippen LogP) is 4.47. The van der Waals surface area contributed by atoms with Gasteiger partial charge in [0, 0.05) is 16.2 Å². The molecule has 1 atom stereocenters. The first-order valence-electron chi connectivity index (χ1n) is 8.85. The minimum Gasteiger partial charge on any atom is -0.465 e. The highest BCUT2D eigenvalue weighted by molar-refractivity contribution is 7.99. The van der Waals surface area contributed by atoms with Crippen molar-refractivity contribution in [2.75, 3.05) is 19.2 Å². The van der Waals surface area contributed by atoms with Gasteiger partial charge in [-0.2, -0.15) is 0 Å². The molecule has 1 aromatic rings. The number of esters is 1.